The highest BCUT2D eigenvalue weighted by Gasteiger charge is 2.35. The predicted octanol–water partition coefficient (Wildman–Crippen LogP) is 2.19. The fourth-order valence-electron chi connectivity index (χ4n) is 3.47. The SMILES string of the molecule is CCN(c1ccncc1)C1CC2CCC(C1)N2. The van der Waals surface area contributed by atoms with Gasteiger partial charge >= 0.3 is 0 Å². The van der Waals surface area contributed by atoms with E-state index in [1.54, 1.807) is 0 Å². The van der Waals surface area contributed by atoms with Gasteiger partial charge in [0.15, 0.2) is 0 Å². The molecule has 1 aromatic rings. The minimum absolute atomic E-state index is 0.709. The first-order valence-electron chi connectivity index (χ1n) is 6.79. The summed E-state index contributed by atoms with van der Waals surface area (Å²) >= 11 is 0. The van der Waals surface area contributed by atoms with Crippen LogP contribution in [-0.2, 0) is 0 Å². The van der Waals surface area contributed by atoms with Gasteiger partial charge in [-0.15, -0.1) is 0 Å². The van der Waals surface area contributed by atoms with Crippen molar-refractivity contribution >= 4 is 5.69 Å². The molecule has 2 aliphatic rings. The number of hydrogen-bond acceptors (Lipinski definition) is 3. The maximum atomic E-state index is 4.11. The van der Waals surface area contributed by atoms with Crippen LogP contribution in [0.25, 0.3) is 0 Å². The molecule has 0 spiro atoms. The molecule has 3 nitrogen and oxygen atoms in total. The highest BCUT2D eigenvalue weighted by molar-refractivity contribution is 5.46. The van der Waals surface area contributed by atoms with Gasteiger partial charge in [-0.3, -0.25) is 4.98 Å². The molecule has 3 heteroatoms. The molecular weight excluding hydrogens is 210 g/mol. The average Bonchev–Trinajstić information content (AvgIpc) is 2.71. The lowest BCUT2D eigenvalue weighted by molar-refractivity contribution is 0.349. The zero-order valence-electron chi connectivity index (χ0n) is 10.5. The Morgan fingerprint density at radius 3 is 2.47 bits per heavy atom. The minimum Gasteiger partial charge on any atom is -0.369 e. The molecule has 2 atom stereocenters. The Hall–Kier alpha value is -1.09. The molecule has 2 bridgehead atoms. The summed E-state index contributed by atoms with van der Waals surface area (Å²) in [4.78, 5) is 6.66. The van der Waals surface area contributed by atoms with Gasteiger partial charge < -0.3 is 10.2 Å². The standard InChI is InChI=1S/C14H21N3/c1-2-17(13-5-7-15-8-6-13)14-9-11-3-4-12(10-14)16-11/h5-8,11-12,14,16H,2-4,9-10H2,1H3. The zero-order chi connectivity index (χ0) is 11.7. The summed E-state index contributed by atoms with van der Waals surface area (Å²) in [7, 11) is 0. The monoisotopic (exact) mass is 231 g/mol. The van der Waals surface area contributed by atoms with E-state index in [0.717, 1.165) is 18.6 Å². The fraction of sp³-hybridized carbons (Fsp3) is 0.643. The Morgan fingerprint density at radius 2 is 1.88 bits per heavy atom. The molecule has 1 aromatic heterocycles. The molecular formula is C14H21N3. The van der Waals surface area contributed by atoms with Crippen LogP contribution in [-0.4, -0.2) is 29.7 Å². The number of nitrogens with zero attached hydrogens (tertiary/aromatic N) is 2. The highest BCUT2D eigenvalue weighted by Crippen LogP contribution is 2.31. The van der Waals surface area contributed by atoms with Crippen molar-refractivity contribution in [1.82, 2.24) is 10.3 Å². The van der Waals surface area contributed by atoms with E-state index in [-0.39, 0.29) is 0 Å². The van der Waals surface area contributed by atoms with Crippen LogP contribution in [0.15, 0.2) is 24.5 Å². The average molecular weight is 231 g/mol. The van der Waals surface area contributed by atoms with Crippen LogP contribution in [0.2, 0.25) is 0 Å². The van der Waals surface area contributed by atoms with Gasteiger partial charge in [-0.2, -0.15) is 0 Å². The smallest absolute Gasteiger partial charge is 0.0399 e. The van der Waals surface area contributed by atoms with Crippen molar-refractivity contribution in [2.24, 2.45) is 0 Å². The van der Waals surface area contributed by atoms with Gasteiger partial charge in [-0.25, -0.2) is 0 Å². The van der Waals surface area contributed by atoms with Gasteiger partial charge in [-0.1, -0.05) is 0 Å². The number of hydrogen-bond donors (Lipinski definition) is 1. The summed E-state index contributed by atoms with van der Waals surface area (Å²) in [5, 5.41) is 3.71. The number of fused-ring (bicyclic) bond motifs is 2. The van der Waals surface area contributed by atoms with Gasteiger partial charge in [0.05, 0.1) is 0 Å². The molecule has 0 amide bonds. The first kappa shape index (κ1) is 11.0. The third-order valence-electron chi connectivity index (χ3n) is 4.22. The highest BCUT2D eigenvalue weighted by atomic mass is 15.2. The van der Waals surface area contributed by atoms with E-state index in [9.17, 15) is 0 Å². The molecule has 0 aliphatic carbocycles. The molecule has 17 heavy (non-hydrogen) atoms. The van der Waals surface area contributed by atoms with E-state index >= 15 is 0 Å². The fourth-order valence-corrected chi connectivity index (χ4v) is 3.47. The Bertz CT molecular complexity index is 353. The van der Waals surface area contributed by atoms with Gasteiger partial charge in [0, 0.05) is 42.8 Å². The number of nitrogens with one attached hydrogen (secondary N) is 1. The van der Waals surface area contributed by atoms with Crippen molar-refractivity contribution in [2.75, 3.05) is 11.4 Å². The molecule has 2 saturated heterocycles. The van der Waals surface area contributed by atoms with Crippen molar-refractivity contribution < 1.29 is 0 Å². The van der Waals surface area contributed by atoms with Gasteiger partial charge in [0.25, 0.3) is 0 Å². The van der Waals surface area contributed by atoms with Gasteiger partial charge in [-0.05, 0) is 44.7 Å². The third-order valence-corrected chi connectivity index (χ3v) is 4.22. The Kier molecular flexibility index (Phi) is 3.02. The normalized spacial score (nSPS) is 31.5. The first-order valence-corrected chi connectivity index (χ1v) is 6.79. The second-order valence-electron chi connectivity index (χ2n) is 5.25. The van der Waals surface area contributed by atoms with Crippen LogP contribution in [0.4, 0.5) is 5.69 Å². The summed E-state index contributed by atoms with van der Waals surface area (Å²) in [6.45, 7) is 3.35. The number of pyridine rings is 1. The number of anilines is 1. The van der Waals surface area contributed by atoms with Crippen LogP contribution in [0.3, 0.4) is 0 Å². The van der Waals surface area contributed by atoms with Crippen LogP contribution >= 0.6 is 0 Å². The van der Waals surface area contributed by atoms with E-state index in [0.29, 0.717) is 6.04 Å². The molecule has 0 radical (unpaired) electrons. The largest absolute Gasteiger partial charge is 0.369 e. The van der Waals surface area contributed by atoms with Crippen molar-refractivity contribution in [3.05, 3.63) is 24.5 Å². The summed E-state index contributed by atoms with van der Waals surface area (Å²) < 4.78 is 0. The Balaban J connectivity index is 1.77. The van der Waals surface area contributed by atoms with Crippen molar-refractivity contribution in [2.45, 2.75) is 50.7 Å². The summed E-state index contributed by atoms with van der Waals surface area (Å²) in [6.07, 6.45) is 9.13. The van der Waals surface area contributed by atoms with E-state index in [1.807, 2.05) is 12.4 Å². The summed E-state index contributed by atoms with van der Waals surface area (Å²) in [5.74, 6) is 0. The van der Waals surface area contributed by atoms with Crippen LogP contribution in [0, 0.1) is 0 Å². The van der Waals surface area contributed by atoms with Gasteiger partial charge in [0.2, 0.25) is 0 Å². The molecule has 2 fully saturated rings. The molecule has 2 aliphatic heterocycles. The molecule has 92 valence electrons. The lowest BCUT2D eigenvalue weighted by atomic mass is 9.97. The van der Waals surface area contributed by atoms with Crippen molar-refractivity contribution in [3.63, 3.8) is 0 Å². The van der Waals surface area contributed by atoms with E-state index < -0.39 is 0 Å². The summed E-state index contributed by atoms with van der Waals surface area (Å²) in [5.41, 5.74) is 1.33. The minimum atomic E-state index is 0.709. The molecule has 2 unspecified atom stereocenters. The Morgan fingerprint density at radius 1 is 1.24 bits per heavy atom. The second-order valence-corrected chi connectivity index (χ2v) is 5.25. The van der Waals surface area contributed by atoms with Crippen LogP contribution in [0.5, 0.6) is 0 Å². The number of aromatic nitrogens is 1. The lowest BCUT2D eigenvalue weighted by Crippen LogP contribution is -2.48. The lowest BCUT2D eigenvalue weighted by Gasteiger charge is -2.38. The summed E-state index contributed by atoms with van der Waals surface area (Å²) in [6, 6.07) is 6.49. The maximum Gasteiger partial charge on any atom is 0.0399 e. The maximum absolute atomic E-state index is 4.11. The molecule has 3 heterocycles. The van der Waals surface area contributed by atoms with Crippen LogP contribution < -0.4 is 10.2 Å². The Labute approximate surface area is 103 Å². The van der Waals surface area contributed by atoms with E-state index in [1.165, 1.54) is 31.4 Å². The molecule has 0 saturated carbocycles. The number of rotatable bonds is 3. The quantitative estimate of drug-likeness (QED) is 0.864. The van der Waals surface area contributed by atoms with Crippen molar-refractivity contribution in [1.29, 1.82) is 0 Å². The second kappa shape index (κ2) is 4.65. The predicted molar refractivity (Wildman–Crippen MR) is 70.2 cm³/mol. The van der Waals surface area contributed by atoms with E-state index in [2.05, 4.69) is 34.3 Å². The van der Waals surface area contributed by atoms with Gasteiger partial charge in [0.1, 0.15) is 0 Å². The first-order chi connectivity index (χ1) is 8.36. The molecule has 0 aromatic carbocycles. The van der Waals surface area contributed by atoms with Crippen molar-refractivity contribution in [3.8, 4) is 0 Å². The van der Waals surface area contributed by atoms with E-state index in [4.69, 9.17) is 0 Å². The third kappa shape index (κ3) is 2.16. The van der Waals surface area contributed by atoms with Crippen LogP contribution in [0.1, 0.15) is 32.6 Å². The number of piperidine rings is 1. The zero-order valence-corrected chi connectivity index (χ0v) is 10.5. The molecule has 3 rings (SSSR count). The topological polar surface area (TPSA) is 28.2 Å². The molecule has 1 N–H and O–H groups in total.